The van der Waals surface area contributed by atoms with Crippen LogP contribution >= 0.6 is 0 Å². The molecule has 19 heavy (non-hydrogen) atoms. The molecule has 1 fully saturated rings. The van der Waals surface area contributed by atoms with Crippen LogP contribution in [0, 0.1) is 5.92 Å². The topological polar surface area (TPSA) is 56.7 Å². The van der Waals surface area contributed by atoms with Crippen LogP contribution in [-0.2, 0) is 0 Å². The van der Waals surface area contributed by atoms with Gasteiger partial charge in [0.25, 0.3) is 0 Å². The molecule has 0 spiro atoms. The van der Waals surface area contributed by atoms with Crippen molar-refractivity contribution in [2.24, 2.45) is 5.92 Å². The standard InChI is InChI=1S/C14H21N3O2/c1-16(2)10-11-4-7-17(8-5-11)13-9-12(14(18)19)3-6-15-13/h3,6,9,11H,4-5,7-8,10H2,1-2H3,(H,18,19). The second-order valence-electron chi connectivity index (χ2n) is 5.40. The van der Waals surface area contributed by atoms with Crippen LogP contribution in [0.5, 0.6) is 0 Å². The Kier molecular flexibility index (Phi) is 4.37. The molecule has 5 nitrogen and oxygen atoms in total. The van der Waals surface area contributed by atoms with E-state index in [1.165, 1.54) is 6.07 Å². The van der Waals surface area contributed by atoms with Crippen molar-refractivity contribution in [3.63, 3.8) is 0 Å². The maximum Gasteiger partial charge on any atom is 0.335 e. The Morgan fingerprint density at radius 3 is 2.74 bits per heavy atom. The van der Waals surface area contributed by atoms with Gasteiger partial charge in [-0.05, 0) is 45.0 Å². The number of carboxylic acid groups (broad SMARTS) is 1. The SMILES string of the molecule is CN(C)CC1CCN(c2cc(C(=O)O)ccn2)CC1. The van der Waals surface area contributed by atoms with Gasteiger partial charge >= 0.3 is 5.97 Å². The average molecular weight is 263 g/mol. The zero-order chi connectivity index (χ0) is 13.8. The van der Waals surface area contributed by atoms with E-state index in [9.17, 15) is 4.79 Å². The molecule has 0 bridgehead atoms. The first-order valence-corrected chi connectivity index (χ1v) is 6.65. The van der Waals surface area contributed by atoms with E-state index in [1.807, 2.05) is 0 Å². The number of aromatic nitrogens is 1. The second-order valence-corrected chi connectivity index (χ2v) is 5.40. The molecule has 1 aromatic heterocycles. The van der Waals surface area contributed by atoms with Gasteiger partial charge in [-0.15, -0.1) is 0 Å². The lowest BCUT2D eigenvalue weighted by Gasteiger charge is -2.34. The summed E-state index contributed by atoms with van der Waals surface area (Å²) >= 11 is 0. The smallest absolute Gasteiger partial charge is 0.335 e. The summed E-state index contributed by atoms with van der Waals surface area (Å²) in [6.45, 7) is 3.03. The lowest BCUT2D eigenvalue weighted by Crippen LogP contribution is -2.37. The highest BCUT2D eigenvalue weighted by atomic mass is 16.4. The normalized spacial score (nSPS) is 16.9. The van der Waals surface area contributed by atoms with Crippen molar-refractivity contribution in [2.75, 3.05) is 38.6 Å². The molecule has 104 valence electrons. The zero-order valence-corrected chi connectivity index (χ0v) is 11.5. The molecular formula is C14H21N3O2. The van der Waals surface area contributed by atoms with E-state index in [1.54, 1.807) is 12.3 Å². The Hall–Kier alpha value is -1.62. The maximum atomic E-state index is 11.0. The number of aromatic carboxylic acids is 1. The summed E-state index contributed by atoms with van der Waals surface area (Å²) in [4.78, 5) is 19.6. The number of carbonyl (C=O) groups is 1. The fourth-order valence-electron chi connectivity index (χ4n) is 2.59. The monoisotopic (exact) mass is 263 g/mol. The molecule has 0 radical (unpaired) electrons. The molecule has 0 amide bonds. The molecule has 0 aliphatic carbocycles. The Morgan fingerprint density at radius 1 is 1.47 bits per heavy atom. The molecule has 0 atom stereocenters. The minimum atomic E-state index is -0.897. The highest BCUT2D eigenvalue weighted by Crippen LogP contribution is 2.22. The molecule has 1 aliphatic rings. The molecule has 0 saturated carbocycles. The van der Waals surface area contributed by atoms with Gasteiger partial charge in [0.1, 0.15) is 5.82 Å². The molecule has 1 N–H and O–H groups in total. The Morgan fingerprint density at radius 2 is 2.16 bits per heavy atom. The summed E-state index contributed by atoms with van der Waals surface area (Å²) in [5, 5.41) is 9.00. The fourth-order valence-corrected chi connectivity index (χ4v) is 2.59. The van der Waals surface area contributed by atoms with Crippen LogP contribution in [0.25, 0.3) is 0 Å². The number of anilines is 1. The van der Waals surface area contributed by atoms with Gasteiger partial charge in [0.2, 0.25) is 0 Å². The Balaban J connectivity index is 1.97. The zero-order valence-electron chi connectivity index (χ0n) is 11.5. The van der Waals surface area contributed by atoms with Crippen LogP contribution in [0.1, 0.15) is 23.2 Å². The minimum Gasteiger partial charge on any atom is -0.478 e. The summed E-state index contributed by atoms with van der Waals surface area (Å²) < 4.78 is 0. The predicted octanol–water partition coefficient (Wildman–Crippen LogP) is 1.56. The first kappa shape index (κ1) is 13.8. The lowest BCUT2D eigenvalue weighted by molar-refractivity contribution is 0.0697. The van der Waals surface area contributed by atoms with Gasteiger partial charge in [0.05, 0.1) is 5.56 Å². The van der Waals surface area contributed by atoms with Crippen molar-refractivity contribution in [3.05, 3.63) is 23.9 Å². The molecule has 1 aliphatic heterocycles. The summed E-state index contributed by atoms with van der Waals surface area (Å²) in [6, 6.07) is 3.19. The maximum absolute atomic E-state index is 11.0. The van der Waals surface area contributed by atoms with Crippen molar-refractivity contribution in [3.8, 4) is 0 Å². The van der Waals surface area contributed by atoms with Crippen LogP contribution in [-0.4, -0.2) is 54.7 Å². The van der Waals surface area contributed by atoms with Gasteiger partial charge in [0.15, 0.2) is 0 Å². The minimum absolute atomic E-state index is 0.306. The molecule has 0 aromatic carbocycles. The third-order valence-electron chi connectivity index (χ3n) is 3.55. The highest BCUT2D eigenvalue weighted by Gasteiger charge is 2.21. The van der Waals surface area contributed by atoms with Gasteiger partial charge in [-0.2, -0.15) is 0 Å². The van der Waals surface area contributed by atoms with Gasteiger partial charge in [-0.1, -0.05) is 0 Å². The van der Waals surface area contributed by atoms with Gasteiger partial charge in [0, 0.05) is 25.8 Å². The number of rotatable bonds is 4. The molecular weight excluding hydrogens is 242 g/mol. The largest absolute Gasteiger partial charge is 0.478 e. The quantitative estimate of drug-likeness (QED) is 0.893. The van der Waals surface area contributed by atoms with Crippen LogP contribution in [0.2, 0.25) is 0 Å². The van der Waals surface area contributed by atoms with E-state index >= 15 is 0 Å². The lowest BCUT2D eigenvalue weighted by atomic mass is 9.96. The third-order valence-corrected chi connectivity index (χ3v) is 3.55. The van der Waals surface area contributed by atoms with Crippen molar-refractivity contribution in [1.29, 1.82) is 0 Å². The highest BCUT2D eigenvalue weighted by molar-refractivity contribution is 5.88. The fraction of sp³-hybridized carbons (Fsp3) is 0.571. The molecule has 2 rings (SSSR count). The number of carboxylic acids is 1. The predicted molar refractivity (Wildman–Crippen MR) is 74.7 cm³/mol. The van der Waals surface area contributed by atoms with E-state index in [4.69, 9.17) is 5.11 Å². The van der Waals surface area contributed by atoms with Crippen LogP contribution < -0.4 is 4.90 Å². The summed E-state index contributed by atoms with van der Waals surface area (Å²) in [5.74, 6) is 0.614. The van der Waals surface area contributed by atoms with Crippen molar-refractivity contribution >= 4 is 11.8 Å². The van der Waals surface area contributed by atoms with Crippen molar-refractivity contribution < 1.29 is 9.90 Å². The van der Waals surface area contributed by atoms with Crippen LogP contribution in [0.3, 0.4) is 0 Å². The molecule has 1 saturated heterocycles. The van der Waals surface area contributed by atoms with E-state index in [2.05, 4.69) is 28.9 Å². The van der Waals surface area contributed by atoms with Crippen molar-refractivity contribution in [1.82, 2.24) is 9.88 Å². The first-order valence-electron chi connectivity index (χ1n) is 6.65. The van der Waals surface area contributed by atoms with E-state index in [-0.39, 0.29) is 0 Å². The Labute approximate surface area is 113 Å². The third kappa shape index (κ3) is 3.67. The van der Waals surface area contributed by atoms with Gasteiger partial charge in [-0.3, -0.25) is 0 Å². The average Bonchev–Trinajstić information content (AvgIpc) is 2.39. The first-order chi connectivity index (χ1) is 9.06. The van der Waals surface area contributed by atoms with E-state index in [0.717, 1.165) is 44.2 Å². The number of hydrogen-bond acceptors (Lipinski definition) is 4. The summed E-state index contributed by atoms with van der Waals surface area (Å²) in [5.41, 5.74) is 0.306. The van der Waals surface area contributed by atoms with Crippen LogP contribution in [0.4, 0.5) is 5.82 Å². The molecule has 5 heteroatoms. The van der Waals surface area contributed by atoms with Gasteiger partial charge in [-0.25, -0.2) is 9.78 Å². The van der Waals surface area contributed by atoms with E-state index < -0.39 is 5.97 Å². The molecule has 0 unspecified atom stereocenters. The number of piperidine rings is 1. The second kappa shape index (κ2) is 6.02. The summed E-state index contributed by atoms with van der Waals surface area (Å²) in [7, 11) is 4.20. The van der Waals surface area contributed by atoms with Gasteiger partial charge < -0.3 is 14.9 Å². The number of hydrogen-bond donors (Lipinski definition) is 1. The molecule has 2 heterocycles. The summed E-state index contributed by atoms with van der Waals surface area (Å²) in [6.07, 6.45) is 3.85. The molecule has 1 aromatic rings. The Bertz CT molecular complexity index is 440. The number of pyridine rings is 1. The number of nitrogens with zero attached hydrogens (tertiary/aromatic N) is 3. The van der Waals surface area contributed by atoms with E-state index in [0.29, 0.717) is 5.56 Å². The van der Waals surface area contributed by atoms with Crippen LogP contribution in [0.15, 0.2) is 18.3 Å². The van der Waals surface area contributed by atoms with Crippen molar-refractivity contribution in [2.45, 2.75) is 12.8 Å².